The zero-order chi connectivity index (χ0) is 10.4. The predicted octanol–water partition coefficient (Wildman–Crippen LogP) is 1.84. The van der Waals surface area contributed by atoms with E-state index >= 15 is 0 Å². The lowest BCUT2D eigenvalue weighted by Gasteiger charge is -2.02. The summed E-state index contributed by atoms with van der Waals surface area (Å²) in [5.74, 6) is 0.356. The smallest absolute Gasteiger partial charge is 0.403 e. The molecule has 4 nitrogen and oxygen atoms in total. The summed E-state index contributed by atoms with van der Waals surface area (Å²) in [5.41, 5.74) is 0.745. The van der Waals surface area contributed by atoms with Crippen LogP contribution in [-0.2, 0) is 11.3 Å². The summed E-state index contributed by atoms with van der Waals surface area (Å²) < 4.78 is 9.10. The molecule has 1 rings (SSSR count). The molecule has 0 bridgehead atoms. The normalized spacial score (nSPS) is 9.21. The monoisotopic (exact) mass is 194 g/mol. The number of carbonyl (C=O) groups is 1. The summed E-state index contributed by atoms with van der Waals surface area (Å²) in [6.45, 7) is 3.17. The average Bonchev–Trinajstić information content (AvgIpc) is 2.19. The summed E-state index contributed by atoms with van der Waals surface area (Å²) in [4.78, 5) is 10.8. The molecule has 0 aromatic heterocycles. The molecule has 0 aliphatic rings. The molecule has 0 amide bonds. The Labute approximate surface area is 81.4 Å². The Morgan fingerprint density at radius 1 is 1.43 bits per heavy atom. The second-order valence-corrected chi connectivity index (χ2v) is 2.44. The number of benzene rings is 1. The lowest BCUT2D eigenvalue weighted by Crippen LogP contribution is -2.06. The van der Waals surface area contributed by atoms with Crippen LogP contribution in [0.5, 0.6) is 5.75 Å². The number of hydrogen-bond donors (Lipinski definition) is 1. The molecule has 0 unspecified atom stereocenters. The van der Waals surface area contributed by atoms with Crippen molar-refractivity contribution < 1.29 is 19.4 Å². The van der Waals surface area contributed by atoms with Crippen LogP contribution in [0.2, 0.25) is 0 Å². The van der Waals surface area contributed by atoms with Crippen LogP contribution in [0, 0.1) is 0 Å². The van der Waals surface area contributed by atoms with Crippen LogP contribution in [-0.4, -0.2) is 11.3 Å². The van der Waals surface area contributed by atoms with Gasteiger partial charge >= 0.3 is 6.16 Å². The van der Waals surface area contributed by atoms with E-state index < -0.39 is 6.16 Å². The number of aliphatic hydroxyl groups is 1. The molecule has 0 atom stereocenters. The van der Waals surface area contributed by atoms with Gasteiger partial charge in [0, 0.05) is 0 Å². The molecule has 1 aromatic rings. The lowest BCUT2D eigenvalue weighted by molar-refractivity contribution is 0.136. The molecule has 0 saturated heterocycles. The Balaban J connectivity index is 2.59. The molecule has 0 aliphatic carbocycles. The number of ether oxygens (including phenoxy) is 2. The maximum absolute atomic E-state index is 10.8. The molecule has 0 radical (unpaired) electrons. The van der Waals surface area contributed by atoms with Crippen LogP contribution < -0.4 is 4.74 Å². The Morgan fingerprint density at radius 2 is 2.07 bits per heavy atom. The van der Waals surface area contributed by atoms with Gasteiger partial charge in [-0.2, -0.15) is 0 Å². The Bertz CT molecular complexity index is 315. The van der Waals surface area contributed by atoms with Crippen molar-refractivity contribution in [1.29, 1.82) is 0 Å². The van der Waals surface area contributed by atoms with Crippen molar-refractivity contribution in [2.75, 3.05) is 0 Å². The van der Waals surface area contributed by atoms with E-state index in [0.717, 1.165) is 11.8 Å². The van der Waals surface area contributed by atoms with Crippen molar-refractivity contribution in [2.24, 2.45) is 0 Å². The molecule has 0 heterocycles. The summed E-state index contributed by atoms with van der Waals surface area (Å²) in [5, 5.41) is 8.75. The van der Waals surface area contributed by atoms with E-state index in [-0.39, 0.29) is 6.61 Å². The van der Waals surface area contributed by atoms with Crippen LogP contribution in [0.25, 0.3) is 0 Å². The Hall–Kier alpha value is -1.81. The van der Waals surface area contributed by atoms with Gasteiger partial charge < -0.3 is 14.6 Å². The summed E-state index contributed by atoms with van der Waals surface area (Å²) in [6.07, 6.45) is 0.154. The maximum Gasteiger partial charge on any atom is 0.518 e. The van der Waals surface area contributed by atoms with Gasteiger partial charge in [0.25, 0.3) is 0 Å². The third-order valence-electron chi connectivity index (χ3n) is 1.49. The third-order valence-corrected chi connectivity index (χ3v) is 1.49. The lowest BCUT2D eigenvalue weighted by atomic mass is 10.2. The highest BCUT2D eigenvalue weighted by atomic mass is 16.7. The van der Waals surface area contributed by atoms with Crippen molar-refractivity contribution in [2.45, 2.75) is 6.61 Å². The molecule has 1 aromatic carbocycles. The summed E-state index contributed by atoms with van der Waals surface area (Å²) >= 11 is 0. The second-order valence-electron chi connectivity index (χ2n) is 2.44. The van der Waals surface area contributed by atoms with Gasteiger partial charge in [0.2, 0.25) is 0 Å². The highest BCUT2D eigenvalue weighted by Gasteiger charge is 2.03. The molecular formula is C10H10O4. The van der Waals surface area contributed by atoms with Crippen molar-refractivity contribution in [3.8, 4) is 5.75 Å². The minimum atomic E-state index is -0.836. The topological polar surface area (TPSA) is 55.8 Å². The molecule has 0 spiro atoms. The largest absolute Gasteiger partial charge is 0.518 e. The fourth-order valence-electron chi connectivity index (χ4n) is 0.851. The van der Waals surface area contributed by atoms with Crippen molar-refractivity contribution in [3.63, 3.8) is 0 Å². The maximum atomic E-state index is 10.8. The molecule has 14 heavy (non-hydrogen) atoms. The van der Waals surface area contributed by atoms with Gasteiger partial charge in [0.05, 0.1) is 12.9 Å². The standard InChI is InChI=1S/C10H10O4/c1-2-13-10(12)14-9-5-3-8(7-11)4-6-9/h2-6,11H,1,7H2. The molecule has 0 fully saturated rings. The SMILES string of the molecule is C=COC(=O)Oc1ccc(CO)cc1. The molecule has 74 valence electrons. The predicted molar refractivity (Wildman–Crippen MR) is 49.7 cm³/mol. The fourth-order valence-corrected chi connectivity index (χ4v) is 0.851. The number of rotatable bonds is 3. The highest BCUT2D eigenvalue weighted by Crippen LogP contribution is 2.12. The number of hydrogen-bond acceptors (Lipinski definition) is 4. The van der Waals surface area contributed by atoms with Crippen LogP contribution in [0.4, 0.5) is 4.79 Å². The third kappa shape index (κ3) is 2.91. The van der Waals surface area contributed by atoms with E-state index in [2.05, 4.69) is 11.3 Å². The van der Waals surface area contributed by atoms with Crippen LogP contribution in [0.15, 0.2) is 37.1 Å². The van der Waals surface area contributed by atoms with Gasteiger partial charge in [-0.05, 0) is 17.7 Å². The average molecular weight is 194 g/mol. The number of aliphatic hydroxyl groups excluding tert-OH is 1. The molecular weight excluding hydrogens is 184 g/mol. The zero-order valence-electron chi connectivity index (χ0n) is 7.47. The quantitative estimate of drug-likeness (QED) is 0.453. The van der Waals surface area contributed by atoms with E-state index in [0.29, 0.717) is 5.75 Å². The van der Waals surface area contributed by atoms with Gasteiger partial charge in [0.1, 0.15) is 5.75 Å². The molecule has 0 saturated carbocycles. The first-order chi connectivity index (χ1) is 6.76. The van der Waals surface area contributed by atoms with Crippen LogP contribution >= 0.6 is 0 Å². The first-order valence-electron chi connectivity index (χ1n) is 3.95. The first-order valence-corrected chi connectivity index (χ1v) is 3.95. The van der Waals surface area contributed by atoms with Gasteiger partial charge in [-0.3, -0.25) is 0 Å². The van der Waals surface area contributed by atoms with E-state index in [4.69, 9.17) is 9.84 Å². The highest BCUT2D eigenvalue weighted by molar-refractivity contribution is 5.64. The van der Waals surface area contributed by atoms with Crippen LogP contribution in [0.1, 0.15) is 5.56 Å². The van der Waals surface area contributed by atoms with E-state index in [9.17, 15) is 4.79 Å². The second kappa shape index (κ2) is 5.04. The van der Waals surface area contributed by atoms with Crippen molar-refractivity contribution in [1.82, 2.24) is 0 Å². The molecule has 1 N–H and O–H groups in total. The van der Waals surface area contributed by atoms with Crippen molar-refractivity contribution in [3.05, 3.63) is 42.7 Å². The van der Waals surface area contributed by atoms with Gasteiger partial charge in [0.15, 0.2) is 0 Å². The van der Waals surface area contributed by atoms with Gasteiger partial charge in [-0.1, -0.05) is 18.7 Å². The minimum Gasteiger partial charge on any atom is -0.403 e. The van der Waals surface area contributed by atoms with E-state index in [1.807, 2.05) is 0 Å². The summed E-state index contributed by atoms with van der Waals surface area (Å²) in [6, 6.07) is 6.43. The van der Waals surface area contributed by atoms with Crippen LogP contribution in [0.3, 0.4) is 0 Å². The van der Waals surface area contributed by atoms with Gasteiger partial charge in [-0.25, -0.2) is 4.79 Å². The minimum absolute atomic E-state index is 0.0443. The fraction of sp³-hybridized carbons (Fsp3) is 0.100. The molecule has 4 heteroatoms. The number of carbonyl (C=O) groups excluding carboxylic acids is 1. The van der Waals surface area contributed by atoms with Gasteiger partial charge in [-0.15, -0.1) is 0 Å². The summed E-state index contributed by atoms with van der Waals surface area (Å²) in [7, 11) is 0. The van der Waals surface area contributed by atoms with E-state index in [1.54, 1.807) is 24.3 Å². The molecule has 0 aliphatic heterocycles. The zero-order valence-corrected chi connectivity index (χ0v) is 7.47. The first kappa shape index (κ1) is 10.3. The Morgan fingerprint density at radius 3 is 2.57 bits per heavy atom. The van der Waals surface area contributed by atoms with Crippen molar-refractivity contribution >= 4 is 6.16 Å². The van der Waals surface area contributed by atoms with E-state index in [1.165, 1.54) is 0 Å². The Kier molecular flexibility index (Phi) is 3.69.